The van der Waals surface area contributed by atoms with Gasteiger partial charge in [0.15, 0.2) is 5.78 Å². The molecule has 2 rings (SSSR count). The lowest BCUT2D eigenvalue weighted by atomic mass is 10.1. The molecule has 0 amide bonds. The minimum atomic E-state index is -4.65. The fourth-order valence-corrected chi connectivity index (χ4v) is 1.62. The van der Waals surface area contributed by atoms with Crippen molar-refractivity contribution < 1.29 is 22.4 Å². The smallest absolute Gasteiger partial charge is 0.417 e. The van der Waals surface area contributed by atoms with E-state index in [0.717, 1.165) is 12.1 Å². The molecule has 18 heavy (non-hydrogen) atoms. The molecule has 0 fully saturated rings. The van der Waals surface area contributed by atoms with E-state index in [2.05, 4.69) is 4.42 Å². The third kappa shape index (κ3) is 2.13. The Labute approximate surface area is 98.8 Å². The number of Topliss-reactive ketones (excluding diaryl/α,β-unsaturated/α-hetero) is 1. The molecule has 6 heteroatoms. The summed E-state index contributed by atoms with van der Waals surface area (Å²) in [5.41, 5.74) is -2.23. The monoisotopic (exact) mass is 256 g/mol. The van der Waals surface area contributed by atoms with E-state index in [9.17, 15) is 22.8 Å². The van der Waals surface area contributed by atoms with E-state index in [1.54, 1.807) is 0 Å². The van der Waals surface area contributed by atoms with E-state index in [0.29, 0.717) is 6.07 Å². The fraction of sp³-hybridized carbons (Fsp3) is 0.167. The van der Waals surface area contributed by atoms with Crippen LogP contribution >= 0.6 is 0 Å². The second-order valence-corrected chi connectivity index (χ2v) is 3.74. The van der Waals surface area contributed by atoms with E-state index in [4.69, 9.17) is 0 Å². The maximum Gasteiger partial charge on any atom is 0.417 e. The number of fused-ring (bicyclic) bond motifs is 1. The van der Waals surface area contributed by atoms with Gasteiger partial charge in [-0.15, -0.1) is 0 Å². The number of halogens is 3. The number of alkyl halides is 3. The third-order valence-electron chi connectivity index (χ3n) is 2.46. The first-order chi connectivity index (χ1) is 8.29. The summed E-state index contributed by atoms with van der Waals surface area (Å²) in [4.78, 5) is 22.2. The van der Waals surface area contributed by atoms with Crippen molar-refractivity contribution in [2.24, 2.45) is 0 Å². The quantitative estimate of drug-likeness (QED) is 0.582. The van der Waals surface area contributed by atoms with Gasteiger partial charge < -0.3 is 4.42 Å². The number of hydrogen-bond acceptors (Lipinski definition) is 3. The number of ketones is 1. The van der Waals surface area contributed by atoms with Crippen LogP contribution in [-0.2, 0) is 6.18 Å². The predicted molar refractivity (Wildman–Crippen MR) is 57.5 cm³/mol. The van der Waals surface area contributed by atoms with Crippen LogP contribution in [0, 0.1) is 0 Å². The zero-order valence-corrected chi connectivity index (χ0v) is 9.17. The first-order valence-electron chi connectivity index (χ1n) is 4.95. The van der Waals surface area contributed by atoms with E-state index < -0.39 is 17.4 Å². The van der Waals surface area contributed by atoms with Crippen molar-refractivity contribution in [3.63, 3.8) is 0 Å². The number of carbonyl (C=O) groups is 1. The lowest BCUT2D eigenvalue weighted by Crippen LogP contribution is -2.11. The van der Waals surface area contributed by atoms with Gasteiger partial charge in [0.2, 0.25) is 0 Å². The lowest BCUT2D eigenvalue weighted by molar-refractivity contribution is -0.136. The molecule has 0 atom stereocenters. The van der Waals surface area contributed by atoms with Gasteiger partial charge in [-0.05, 0) is 19.1 Å². The number of carbonyl (C=O) groups excluding carboxylic acids is 1. The highest BCUT2D eigenvalue weighted by atomic mass is 19.4. The molecule has 0 aliphatic rings. The van der Waals surface area contributed by atoms with Gasteiger partial charge in [0.25, 0.3) is 0 Å². The summed E-state index contributed by atoms with van der Waals surface area (Å²) in [7, 11) is 0. The van der Waals surface area contributed by atoms with Crippen LogP contribution in [-0.4, -0.2) is 5.78 Å². The van der Waals surface area contributed by atoms with Crippen LogP contribution in [0.1, 0.15) is 22.8 Å². The van der Waals surface area contributed by atoms with E-state index in [-0.39, 0.29) is 22.3 Å². The second kappa shape index (κ2) is 3.97. The molecule has 1 aromatic carbocycles. The molecule has 0 radical (unpaired) electrons. The molecule has 0 aliphatic heterocycles. The topological polar surface area (TPSA) is 47.3 Å². The van der Waals surface area contributed by atoms with E-state index in [1.807, 2.05) is 0 Å². The zero-order chi connectivity index (χ0) is 13.5. The Hall–Kier alpha value is -2.11. The fourth-order valence-electron chi connectivity index (χ4n) is 1.62. The summed E-state index contributed by atoms with van der Waals surface area (Å²) in [5.74, 6) is -0.322. The molecule has 0 saturated heterocycles. The molecule has 0 unspecified atom stereocenters. The van der Waals surface area contributed by atoms with Crippen LogP contribution in [0.25, 0.3) is 11.0 Å². The largest absolute Gasteiger partial charge is 0.423 e. The summed E-state index contributed by atoms with van der Waals surface area (Å²) in [6.07, 6.45) is -4.65. The van der Waals surface area contributed by atoms with Gasteiger partial charge in [-0.1, -0.05) is 6.07 Å². The summed E-state index contributed by atoms with van der Waals surface area (Å²) in [6, 6.07) is 3.92. The van der Waals surface area contributed by atoms with Crippen LogP contribution < -0.4 is 5.63 Å². The summed E-state index contributed by atoms with van der Waals surface area (Å²) >= 11 is 0. The van der Waals surface area contributed by atoms with Crippen molar-refractivity contribution in [2.45, 2.75) is 13.1 Å². The predicted octanol–water partition coefficient (Wildman–Crippen LogP) is 3.01. The average molecular weight is 256 g/mol. The summed E-state index contributed by atoms with van der Waals surface area (Å²) in [6.45, 7) is 1.27. The first-order valence-corrected chi connectivity index (χ1v) is 4.95. The standard InChI is InChI=1S/C12H7F3O3/c1-6(16)7-2-3-8-9(12(13,14)15)5-11(17)18-10(8)4-7/h2-5H,1H3. The van der Waals surface area contributed by atoms with Crippen molar-refractivity contribution in [3.8, 4) is 0 Å². The Kier molecular flexibility index (Phi) is 2.73. The Morgan fingerprint density at radius 3 is 2.44 bits per heavy atom. The van der Waals surface area contributed by atoms with Crippen molar-refractivity contribution >= 4 is 16.8 Å². The minimum Gasteiger partial charge on any atom is -0.423 e. The summed E-state index contributed by atoms with van der Waals surface area (Å²) in [5, 5.41) is -0.243. The van der Waals surface area contributed by atoms with Crippen LogP contribution in [0.2, 0.25) is 0 Å². The van der Waals surface area contributed by atoms with Crippen molar-refractivity contribution in [2.75, 3.05) is 0 Å². The van der Waals surface area contributed by atoms with Gasteiger partial charge in [-0.3, -0.25) is 4.79 Å². The number of hydrogen-bond donors (Lipinski definition) is 0. The van der Waals surface area contributed by atoms with Gasteiger partial charge in [0.05, 0.1) is 5.56 Å². The Morgan fingerprint density at radius 2 is 1.89 bits per heavy atom. The molecule has 0 aliphatic carbocycles. The Bertz CT molecular complexity index is 683. The molecule has 0 spiro atoms. The summed E-state index contributed by atoms with van der Waals surface area (Å²) < 4.78 is 42.8. The second-order valence-electron chi connectivity index (χ2n) is 3.74. The molecular weight excluding hydrogens is 249 g/mol. The normalized spacial score (nSPS) is 11.8. The molecule has 0 bridgehead atoms. The zero-order valence-electron chi connectivity index (χ0n) is 9.17. The number of benzene rings is 1. The van der Waals surface area contributed by atoms with Crippen molar-refractivity contribution in [1.82, 2.24) is 0 Å². The third-order valence-corrected chi connectivity index (χ3v) is 2.46. The van der Waals surface area contributed by atoms with Crippen LogP contribution in [0.4, 0.5) is 13.2 Å². The molecule has 1 aromatic heterocycles. The first kappa shape index (κ1) is 12.3. The van der Waals surface area contributed by atoms with Crippen molar-refractivity contribution in [3.05, 3.63) is 45.8 Å². The van der Waals surface area contributed by atoms with Crippen LogP contribution in [0.3, 0.4) is 0 Å². The highest BCUT2D eigenvalue weighted by Crippen LogP contribution is 2.33. The molecule has 94 valence electrons. The molecule has 3 nitrogen and oxygen atoms in total. The Balaban J connectivity index is 2.83. The van der Waals surface area contributed by atoms with Gasteiger partial charge in [0.1, 0.15) is 5.58 Å². The SMILES string of the molecule is CC(=O)c1ccc2c(C(F)(F)F)cc(=O)oc2c1. The molecule has 0 N–H and O–H groups in total. The average Bonchev–Trinajstić information content (AvgIpc) is 2.25. The highest BCUT2D eigenvalue weighted by molar-refractivity contribution is 5.97. The maximum atomic E-state index is 12.7. The van der Waals surface area contributed by atoms with Gasteiger partial charge in [-0.2, -0.15) is 13.2 Å². The van der Waals surface area contributed by atoms with Crippen LogP contribution in [0.15, 0.2) is 33.5 Å². The number of rotatable bonds is 1. The highest BCUT2D eigenvalue weighted by Gasteiger charge is 2.33. The van der Waals surface area contributed by atoms with Gasteiger partial charge in [-0.25, -0.2) is 4.79 Å². The van der Waals surface area contributed by atoms with E-state index >= 15 is 0 Å². The molecule has 2 aromatic rings. The maximum absolute atomic E-state index is 12.7. The molecular formula is C12H7F3O3. The molecule has 1 heterocycles. The van der Waals surface area contributed by atoms with Gasteiger partial charge in [0, 0.05) is 17.0 Å². The van der Waals surface area contributed by atoms with E-state index in [1.165, 1.54) is 13.0 Å². The lowest BCUT2D eigenvalue weighted by Gasteiger charge is -2.09. The van der Waals surface area contributed by atoms with Gasteiger partial charge >= 0.3 is 11.8 Å². The van der Waals surface area contributed by atoms with Crippen molar-refractivity contribution in [1.29, 1.82) is 0 Å². The van der Waals surface area contributed by atoms with Crippen LogP contribution in [0.5, 0.6) is 0 Å². The molecule has 0 saturated carbocycles. The Morgan fingerprint density at radius 1 is 1.22 bits per heavy atom. The minimum absolute atomic E-state index is 0.185.